The number of benzene rings is 2. The van der Waals surface area contributed by atoms with Gasteiger partial charge >= 0.3 is 5.97 Å². The van der Waals surface area contributed by atoms with Crippen LogP contribution in [0, 0.1) is 0 Å². The van der Waals surface area contributed by atoms with Crippen molar-refractivity contribution >= 4 is 29.2 Å². The van der Waals surface area contributed by atoms with Gasteiger partial charge in [-0.25, -0.2) is 0 Å². The fourth-order valence-electron chi connectivity index (χ4n) is 4.11. The van der Waals surface area contributed by atoms with Crippen LogP contribution < -0.4 is 20.1 Å². The van der Waals surface area contributed by atoms with E-state index in [1.807, 2.05) is 4.90 Å². The predicted octanol–water partition coefficient (Wildman–Crippen LogP) is 3.02. The van der Waals surface area contributed by atoms with Crippen molar-refractivity contribution in [2.24, 2.45) is 0 Å². The molecule has 2 heterocycles. The van der Waals surface area contributed by atoms with E-state index in [2.05, 4.69) is 10.6 Å². The molecular weight excluding hydrogens is 426 g/mol. The molecule has 2 aliphatic rings. The molecule has 1 atom stereocenters. The van der Waals surface area contributed by atoms with Crippen LogP contribution in [-0.4, -0.2) is 55.7 Å². The third kappa shape index (κ3) is 5.61. The number of ether oxygens (including phenoxy) is 3. The zero-order chi connectivity index (χ0) is 23.2. The predicted molar refractivity (Wildman–Crippen MR) is 121 cm³/mol. The fourth-order valence-corrected chi connectivity index (χ4v) is 4.11. The van der Waals surface area contributed by atoms with Crippen molar-refractivity contribution in [3.63, 3.8) is 0 Å². The summed E-state index contributed by atoms with van der Waals surface area (Å²) in [5, 5.41) is 5.68. The molecular formula is C24H27N3O6. The van der Waals surface area contributed by atoms with Gasteiger partial charge in [0.1, 0.15) is 0 Å². The number of hydrogen-bond donors (Lipinski definition) is 2. The zero-order valence-electron chi connectivity index (χ0n) is 18.5. The molecule has 174 valence electrons. The summed E-state index contributed by atoms with van der Waals surface area (Å²) in [5.74, 6) is 0.320. The number of anilines is 2. The molecule has 33 heavy (non-hydrogen) atoms. The molecule has 0 saturated carbocycles. The molecule has 1 saturated heterocycles. The minimum absolute atomic E-state index is 0.0264. The molecule has 1 fully saturated rings. The van der Waals surface area contributed by atoms with Gasteiger partial charge in [-0.15, -0.1) is 0 Å². The van der Waals surface area contributed by atoms with Crippen LogP contribution in [0.25, 0.3) is 0 Å². The summed E-state index contributed by atoms with van der Waals surface area (Å²) in [6.45, 7) is 1.03. The number of nitrogens with zero attached hydrogens (tertiary/aromatic N) is 1. The number of nitrogens with one attached hydrogen (secondary N) is 2. The van der Waals surface area contributed by atoms with Gasteiger partial charge in [0.15, 0.2) is 11.5 Å². The number of para-hydroxylation sites is 1. The maximum absolute atomic E-state index is 12.9. The Hall–Kier alpha value is -3.59. The van der Waals surface area contributed by atoms with Crippen molar-refractivity contribution in [1.29, 1.82) is 0 Å². The van der Waals surface area contributed by atoms with E-state index < -0.39 is 0 Å². The van der Waals surface area contributed by atoms with Gasteiger partial charge in [0.25, 0.3) is 5.91 Å². The number of fused-ring (bicyclic) bond motifs is 1. The minimum atomic E-state index is -0.355. The summed E-state index contributed by atoms with van der Waals surface area (Å²) in [4.78, 5) is 39.5. The van der Waals surface area contributed by atoms with Crippen LogP contribution in [0.2, 0.25) is 0 Å². The maximum atomic E-state index is 12.9. The standard InChI is InChI=1S/C24H27N3O6/c1-31-23(29)13-17-6-4-5-11-27(17)14-22(28)26-19-8-3-2-7-18(19)24(30)25-16-9-10-20-21(12-16)33-15-32-20/h2-3,7-10,12,17H,4-6,11,13-15H2,1H3,(H,25,30)(H,26,28)/t17-/m1/s1. The first-order valence-electron chi connectivity index (χ1n) is 10.9. The van der Waals surface area contributed by atoms with Gasteiger partial charge in [0.2, 0.25) is 12.7 Å². The highest BCUT2D eigenvalue weighted by molar-refractivity contribution is 6.10. The lowest BCUT2D eigenvalue weighted by Gasteiger charge is -2.34. The largest absolute Gasteiger partial charge is 0.469 e. The van der Waals surface area contributed by atoms with Gasteiger partial charge in [-0.3, -0.25) is 19.3 Å². The first-order valence-corrected chi connectivity index (χ1v) is 10.9. The minimum Gasteiger partial charge on any atom is -0.469 e. The summed E-state index contributed by atoms with van der Waals surface area (Å²) < 4.78 is 15.4. The second-order valence-electron chi connectivity index (χ2n) is 8.02. The summed E-state index contributed by atoms with van der Waals surface area (Å²) in [6, 6.07) is 12.0. The SMILES string of the molecule is COC(=O)C[C@H]1CCCCN1CC(=O)Nc1ccccc1C(=O)Nc1ccc2c(c1)OCO2. The van der Waals surface area contributed by atoms with E-state index in [9.17, 15) is 14.4 Å². The van der Waals surface area contributed by atoms with Crippen LogP contribution in [0.1, 0.15) is 36.0 Å². The zero-order valence-corrected chi connectivity index (χ0v) is 18.5. The molecule has 0 unspecified atom stereocenters. The number of methoxy groups -OCH3 is 1. The number of hydrogen-bond acceptors (Lipinski definition) is 7. The lowest BCUT2D eigenvalue weighted by molar-refractivity contribution is -0.142. The molecule has 0 aromatic heterocycles. The Kier molecular flexibility index (Phi) is 7.09. The van der Waals surface area contributed by atoms with E-state index in [0.29, 0.717) is 28.4 Å². The van der Waals surface area contributed by atoms with Crippen molar-refractivity contribution in [3.05, 3.63) is 48.0 Å². The van der Waals surface area contributed by atoms with Crippen molar-refractivity contribution in [1.82, 2.24) is 4.90 Å². The summed E-state index contributed by atoms with van der Waals surface area (Å²) in [5.41, 5.74) is 1.32. The van der Waals surface area contributed by atoms with Crippen LogP contribution in [-0.2, 0) is 14.3 Å². The van der Waals surface area contributed by atoms with Gasteiger partial charge in [-0.1, -0.05) is 18.6 Å². The van der Waals surface area contributed by atoms with Crippen LogP contribution >= 0.6 is 0 Å². The summed E-state index contributed by atoms with van der Waals surface area (Å²) >= 11 is 0. The third-order valence-corrected chi connectivity index (χ3v) is 5.80. The second-order valence-corrected chi connectivity index (χ2v) is 8.02. The first kappa shape index (κ1) is 22.6. The molecule has 9 nitrogen and oxygen atoms in total. The van der Waals surface area contributed by atoms with Crippen molar-refractivity contribution < 1.29 is 28.6 Å². The van der Waals surface area contributed by atoms with Crippen LogP contribution in [0.3, 0.4) is 0 Å². The number of likely N-dealkylation sites (tertiary alicyclic amines) is 1. The first-order chi connectivity index (χ1) is 16.0. The van der Waals surface area contributed by atoms with E-state index in [4.69, 9.17) is 14.2 Å². The van der Waals surface area contributed by atoms with Crippen molar-refractivity contribution in [2.75, 3.05) is 37.6 Å². The molecule has 0 bridgehead atoms. The highest BCUT2D eigenvalue weighted by atomic mass is 16.7. The van der Waals surface area contributed by atoms with Gasteiger partial charge in [0.05, 0.1) is 31.3 Å². The number of esters is 1. The lowest BCUT2D eigenvalue weighted by atomic mass is 9.99. The van der Waals surface area contributed by atoms with E-state index >= 15 is 0 Å². The normalized spacial score (nSPS) is 17.3. The third-order valence-electron chi connectivity index (χ3n) is 5.80. The van der Waals surface area contributed by atoms with Crippen LogP contribution in [0.5, 0.6) is 11.5 Å². The Morgan fingerprint density at radius 3 is 2.73 bits per heavy atom. The highest BCUT2D eigenvalue weighted by Crippen LogP contribution is 2.34. The molecule has 2 aromatic carbocycles. The molecule has 0 aliphatic carbocycles. The molecule has 2 N–H and O–H groups in total. The van der Waals surface area contributed by atoms with Crippen molar-refractivity contribution in [3.8, 4) is 11.5 Å². The monoisotopic (exact) mass is 453 g/mol. The van der Waals surface area contributed by atoms with Gasteiger partial charge in [0, 0.05) is 17.8 Å². The Balaban J connectivity index is 1.41. The molecule has 9 heteroatoms. The summed E-state index contributed by atoms with van der Waals surface area (Å²) in [7, 11) is 1.37. The topological polar surface area (TPSA) is 106 Å². The molecule has 2 amide bonds. The van der Waals surface area contributed by atoms with E-state index in [-0.39, 0.29) is 43.6 Å². The Morgan fingerprint density at radius 1 is 1.06 bits per heavy atom. The van der Waals surface area contributed by atoms with Crippen molar-refractivity contribution in [2.45, 2.75) is 31.7 Å². The van der Waals surface area contributed by atoms with E-state index in [1.165, 1.54) is 7.11 Å². The van der Waals surface area contributed by atoms with E-state index in [1.54, 1.807) is 42.5 Å². The lowest BCUT2D eigenvalue weighted by Crippen LogP contribution is -2.45. The number of amides is 2. The average molecular weight is 453 g/mol. The molecule has 4 rings (SSSR count). The number of carbonyl (C=O) groups is 3. The Morgan fingerprint density at radius 2 is 1.88 bits per heavy atom. The molecule has 2 aromatic rings. The second kappa shape index (κ2) is 10.4. The Labute approximate surface area is 192 Å². The summed E-state index contributed by atoms with van der Waals surface area (Å²) in [6.07, 6.45) is 3.09. The van der Waals surface area contributed by atoms with Crippen LogP contribution in [0.15, 0.2) is 42.5 Å². The molecule has 2 aliphatic heterocycles. The average Bonchev–Trinajstić information content (AvgIpc) is 3.28. The smallest absolute Gasteiger partial charge is 0.307 e. The number of rotatable bonds is 7. The molecule has 0 spiro atoms. The highest BCUT2D eigenvalue weighted by Gasteiger charge is 2.27. The van der Waals surface area contributed by atoms with Gasteiger partial charge in [-0.2, -0.15) is 0 Å². The van der Waals surface area contributed by atoms with E-state index in [0.717, 1.165) is 25.8 Å². The van der Waals surface area contributed by atoms with Gasteiger partial charge < -0.3 is 24.8 Å². The number of carbonyl (C=O) groups excluding carboxylic acids is 3. The fraction of sp³-hybridized carbons (Fsp3) is 0.375. The molecule has 0 radical (unpaired) electrons. The number of piperidine rings is 1. The Bertz CT molecular complexity index is 1040. The van der Waals surface area contributed by atoms with Gasteiger partial charge in [-0.05, 0) is 43.7 Å². The van der Waals surface area contributed by atoms with Crippen LogP contribution in [0.4, 0.5) is 11.4 Å². The maximum Gasteiger partial charge on any atom is 0.307 e. The quantitative estimate of drug-likeness (QED) is 0.621.